The average molecular weight is 844 g/mol. The van der Waals surface area contributed by atoms with Gasteiger partial charge in [-0.25, -0.2) is 57.1 Å². The number of benzene rings is 7. The van der Waals surface area contributed by atoms with Gasteiger partial charge in [-0.15, -0.1) is 0 Å². The number of hydrogen-bond acceptors (Lipinski definition) is 3. The standard InChI is InChI=1S/C35H4BF19O3/c37-7-4-2-5-1-3-6-9-8(5)10(7)16(38)19(41)13(9)20(42)28(50)32(6)56-36(58-34-30(52)26(48)25(47)27(49)31(34)53)57-33-15-12(18(40)23(45)29(33)51)11-14(35(15,54)55)21(43)24(46)22(44)17(11)39/h1-4H. The van der Waals surface area contributed by atoms with Gasteiger partial charge in [0, 0.05) is 27.3 Å². The van der Waals surface area contributed by atoms with Crippen molar-refractivity contribution < 1.29 is 97.4 Å². The minimum atomic E-state index is -5.56. The molecule has 0 bridgehead atoms. The van der Waals surface area contributed by atoms with Crippen LogP contribution in [0.4, 0.5) is 83.4 Å². The summed E-state index contributed by atoms with van der Waals surface area (Å²) in [5.41, 5.74) is -9.87. The predicted octanol–water partition coefficient (Wildman–Crippen LogP) is 11.6. The van der Waals surface area contributed by atoms with Crippen molar-refractivity contribution in [3.63, 3.8) is 0 Å². The van der Waals surface area contributed by atoms with Crippen LogP contribution in [-0.2, 0) is 5.92 Å². The van der Waals surface area contributed by atoms with Gasteiger partial charge in [0.15, 0.2) is 75.4 Å². The number of alkyl halides is 2. The Morgan fingerprint density at radius 1 is 0.345 bits per heavy atom. The van der Waals surface area contributed by atoms with Gasteiger partial charge in [-0.3, -0.25) is 0 Å². The van der Waals surface area contributed by atoms with Crippen LogP contribution in [0.1, 0.15) is 11.1 Å². The van der Waals surface area contributed by atoms with Gasteiger partial charge >= 0.3 is 13.2 Å². The second-order valence-electron chi connectivity index (χ2n) is 12.1. The van der Waals surface area contributed by atoms with E-state index in [1.165, 1.54) is 0 Å². The largest absolute Gasteiger partial charge is 0.864 e. The summed E-state index contributed by atoms with van der Waals surface area (Å²) in [5, 5.41) is -5.81. The Morgan fingerprint density at radius 2 is 0.759 bits per heavy atom. The lowest BCUT2D eigenvalue weighted by molar-refractivity contribution is 0.0401. The van der Waals surface area contributed by atoms with Crippen molar-refractivity contribution >= 4 is 39.6 Å². The van der Waals surface area contributed by atoms with E-state index in [4.69, 9.17) is 4.65 Å². The van der Waals surface area contributed by atoms with Crippen LogP contribution in [0, 0.1) is 98.9 Å². The van der Waals surface area contributed by atoms with Crippen molar-refractivity contribution in [1.29, 1.82) is 0 Å². The summed E-state index contributed by atoms with van der Waals surface area (Å²) in [6.07, 6.45) is 0. The minimum Gasteiger partial charge on any atom is -0.486 e. The summed E-state index contributed by atoms with van der Waals surface area (Å²) in [5.74, 6) is -58.5. The molecule has 0 heterocycles. The third-order valence-corrected chi connectivity index (χ3v) is 9.11. The molecule has 0 unspecified atom stereocenters. The lowest BCUT2D eigenvalue weighted by Gasteiger charge is -2.23. The van der Waals surface area contributed by atoms with E-state index < -0.39 is 179 Å². The van der Waals surface area contributed by atoms with E-state index in [-0.39, 0.29) is 5.39 Å². The fourth-order valence-corrected chi connectivity index (χ4v) is 6.65. The Morgan fingerprint density at radius 3 is 1.38 bits per heavy atom. The van der Waals surface area contributed by atoms with E-state index in [2.05, 4.69) is 9.31 Å². The normalized spacial score (nSPS) is 13.2. The molecule has 58 heavy (non-hydrogen) atoms. The molecule has 7 aromatic carbocycles. The zero-order valence-electron chi connectivity index (χ0n) is 26.8. The van der Waals surface area contributed by atoms with Gasteiger partial charge in [-0.1, -0.05) is 12.1 Å². The summed E-state index contributed by atoms with van der Waals surface area (Å²) < 4.78 is 298. The summed E-state index contributed by atoms with van der Waals surface area (Å²) in [7, 11) is -3.87. The molecule has 8 rings (SSSR count). The van der Waals surface area contributed by atoms with Crippen molar-refractivity contribution in [1.82, 2.24) is 0 Å². The molecular weight excluding hydrogens is 840 g/mol. The second-order valence-corrected chi connectivity index (χ2v) is 12.1. The fraction of sp³-hybridized carbons (Fsp3) is 0.0286. The van der Waals surface area contributed by atoms with E-state index in [9.17, 15) is 43.9 Å². The smallest absolute Gasteiger partial charge is 0.486 e. The first-order valence-corrected chi connectivity index (χ1v) is 15.2. The highest BCUT2D eigenvalue weighted by Gasteiger charge is 2.56. The van der Waals surface area contributed by atoms with Crippen LogP contribution in [0.3, 0.4) is 0 Å². The Kier molecular flexibility index (Phi) is 8.39. The van der Waals surface area contributed by atoms with Crippen LogP contribution < -0.4 is 14.0 Å². The van der Waals surface area contributed by atoms with Gasteiger partial charge in [0.2, 0.25) is 34.9 Å². The Hall–Kier alpha value is -6.29. The first-order chi connectivity index (χ1) is 27.1. The molecule has 23 heteroatoms. The molecule has 3 nitrogen and oxygen atoms in total. The first kappa shape index (κ1) is 38.6. The van der Waals surface area contributed by atoms with E-state index >= 15 is 39.5 Å². The molecular formula is C35H4BF19O3. The first-order valence-electron chi connectivity index (χ1n) is 15.2. The topological polar surface area (TPSA) is 27.7 Å². The molecule has 0 atom stereocenters. The van der Waals surface area contributed by atoms with Crippen LogP contribution in [-0.4, -0.2) is 7.32 Å². The van der Waals surface area contributed by atoms with Crippen molar-refractivity contribution in [2.45, 2.75) is 5.92 Å². The van der Waals surface area contributed by atoms with Gasteiger partial charge in [0.05, 0.1) is 21.9 Å². The van der Waals surface area contributed by atoms with Crippen LogP contribution in [0.15, 0.2) is 24.3 Å². The Bertz CT molecular complexity index is 2980. The molecule has 0 amide bonds. The molecule has 0 N–H and O–H groups in total. The molecule has 0 spiro atoms. The molecule has 1 aliphatic rings. The number of halogens is 19. The average Bonchev–Trinajstić information content (AvgIpc) is 3.44. The lowest BCUT2D eigenvalue weighted by atomic mass is 9.92. The van der Waals surface area contributed by atoms with Gasteiger partial charge in [0.25, 0.3) is 0 Å². The molecule has 0 fully saturated rings. The van der Waals surface area contributed by atoms with E-state index in [0.29, 0.717) is 12.1 Å². The van der Waals surface area contributed by atoms with Crippen molar-refractivity contribution in [3.8, 4) is 28.4 Å². The zero-order chi connectivity index (χ0) is 42.3. The third kappa shape index (κ3) is 4.87. The molecule has 0 saturated heterocycles. The summed E-state index contributed by atoms with van der Waals surface area (Å²) in [6, 6.07) is 3.06. The highest BCUT2D eigenvalue weighted by molar-refractivity contribution is 6.40. The Balaban J connectivity index is 1.41. The molecule has 298 valence electrons. The van der Waals surface area contributed by atoms with E-state index in [1.807, 2.05) is 0 Å². The minimum absolute atomic E-state index is 0.233. The van der Waals surface area contributed by atoms with E-state index in [0.717, 1.165) is 12.1 Å². The predicted molar refractivity (Wildman–Crippen MR) is 158 cm³/mol. The van der Waals surface area contributed by atoms with Crippen LogP contribution in [0.25, 0.3) is 43.4 Å². The SMILES string of the molecule is Fc1c(F)c(F)c(OB(Oc2c(F)c(F)c(F)c3c2C(F)(F)c2c(F)c(F)c(F)c(F)c2-3)Oc2c(F)c(F)c3c(F)c(F)c4c(F)ccc5ccc2c3c54)c(F)c1F. The van der Waals surface area contributed by atoms with Gasteiger partial charge in [-0.05, 0) is 17.5 Å². The van der Waals surface area contributed by atoms with Crippen molar-refractivity contribution in [2.75, 3.05) is 0 Å². The molecule has 0 radical (unpaired) electrons. The molecule has 1 aliphatic carbocycles. The van der Waals surface area contributed by atoms with Crippen LogP contribution >= 0.6 is 0 Å². The van der Waals surface area contributed by atoms with Gasteiger partial charge in [0.1, 0.15) is 5.82 Å². The maximum atomic E-state index is 15.9. The summed E-state index contributed by atoms with van der Waals surface area (Å²) >= 11 is 0. The summed E-state index contributed by atoms with van der Waals surface area (Å²) in [6.45, 7) is 0. The van der Waals surface area contributed by atoms with Gasteiger partial charge in [-0.2, -0.15) is 26.3 Å². The number of hydrogen-bond donors (Lipinski definition) is 0. The lowest BCUT2D eigenvalue weighted by Crippen LogP contribution is -2.39. The van der Waals surface area contributed by atoms with E-state index in [1.54, 1.807) is 0 Å². The Labute approximate surface area is 305 Å². The molecule has 0 aromatic heterocycles. The van der Waals surface area contributed by atoms with Crippen molar-refractivity contribution in [2.24, 2.45) is 0 Å². The fourth-order valence-electron chi connectivity index (χ4n) is 6.65. The molecule has 7 aromatic rings. The number of rotatable bonds is 6. The third-order valence-electron chi connectivity index (χ3n) is 9.11. The highest BCUT2D eigenvalue weighted by Crippen LogP contribution is 2.59. The maximum absolute atomic E-state index is 15.9. The van der Waals surface area contributed by atoms with Gasteiger partial charge < -0.3 is 14.0 Å². The van der Waals surface area contributed by atoms with Crippen LogP contribution in [0.2, 0.25) is 0 Å². The van der Waals surface area contributed by atoms with Crippen LogP contribution in [0.5, 0.6) is 17.2 Å². The zero-order valence-corrected chi connectivity index (χ0v) is 26.8. The van der Waals surface area contributed by atoms with Crippen molar-refractivity contribution in [3.05, 3.63) is 134 Å². The summed E-state index contributed by atoms with van der Waals surface area (Å²) in [4.78, 5) is 0. The quantitative estimate of drug-likeness (QED) is 0.0549. The monoisotopic (exact) mass is 844 g/mol. The molecule has 0 aliphatic heterocycles. The molecule has 0 saturated carbocycles. The highest BCUT2D eigenvalue weighted by atomic mass is 19.3. The second kappa shape index (κ2) is 12.6. The number of fused-ring (bicyclic) bond motifs is 3. The maximum Gasteiger partial charge on any atom is 0.864 e.